The van der Waals surface area contributed by atoms with Crippen LogP contribution in [-0.4, -0.2) is 49.3 Å². The van der Waals surface area contributed by atoms with Gasteiger partial charge < -0.3 is 19.7 Å². The number of ether oxygens (including phenoxy) is 2. The molecule has 2 atom stereocenters. The number of morpholine rings is 1. The van der Waals surface area contributed by atoms with E-state index in [2.05, 4.69) is 10.1 Å². The molecule has 23 heavy (non-hydrogen) atoms. The third-order valence-electron chi connectivity index (χ3n) is 3.71. The van der Waals surface area contributed by atoms with Gasteiger partial charge in [0.2, 0.25) is 0 Å². The summed E-state index contributed by atoms with van der Waals surface area (Å²) in [5.41, 5.74) is 0.567. The Labute approximate surface area is 134 Å². The average Bonchev–Trinajstić information content (AvgIpc) is 2.49. The summed E-state index contributed by atoms with van der Waals surface area (Å²) in [5.74, 6) is -1.24. The van der Waals surface area contributed by atoms with E-state index >= 15 is 0 Å². The molecule has 1 aliphatic rings. The van der Waals surface area contributed by atoms with Crippen molar-refractivity contribution in [3.8, 4) is 0 Å². The summed E-state index contributed by atoms with van der Waals surface area (Å²) < 4.78 is 24.1. The van der Waals surface area contributed by atoms with Crippen molar-refractivity contribution in [2.75, 3.05) is 25.5 Å². The highest BCUT2D eigenvalue weighted by Crippen LogP contribution is 2.22. The molecule has 7 heteroatoms. The first kappa shape index (κ1) is 17.2. The van der Waals surface area contributed by atoms with Gasteiger partial charge in [-0.2, -0.15) is 0 Å². The molecule has 1 aromatic rings. The zero-order chi connectivity index (χ0) is 17.1. The summed E-state index contributed by atoms with van der Waals surface area (Å²) in [6.07, 6.45) is -0.132. The van der Waals surface area contributed by atoms with E-state index in [1.165, 1.54) is 20.1 Å². The van der Waals surface area contributed by atoms with E-state index in [0.717, 1.165) is 6.07 Å². The highest BCUT2D eigenvalue weighted by atomic mass is 19.1. The van der Waals surface area contributed by atoms with Gasteiger partial charge in [-0.3, -0.25) is 0 Å². The van der Waals surface area contributed by atoms with Gasteiger partial charge >= 0.3 is 12.0 Å². The predicted molar refractivity (Wildman–Crippen MR) is 83.1 cm³/mol. The number of benzene rings is 1. The predicted octanol–water partition coefficient (Wildman–Crippen LogP) is 2.56. The van der Waals surface area contributed by atoms with E-state index in [4.69, 9.17) is 4.74 Å². The number of urea groups is 1. The van der Waals surface area contributed by atoms with Crippen molar-refractivity contribution >= 4 is 17.7 Å². The summed E-state index contributed by atoms with van der Waals surface area (Å²) in [5, 5.41) is 2.66. The topological polar surface area (TPSA) is 67.9 Å². The molecule has 0 bridgehead atoms. The largest absolute Gasteiger partial charge is 0.465 e. The van der Waals surface area contributed by atoms with Crippen molar-refractivity contribution in [2.24, 2.45) is 0 Å². The first-order valence-electron chi connectivity index (χ1n) is 7.41. The van der Waals surface area contributed by atoms with Crippen LogP contribution >= 0.6 is 0 Å². The Morgan fingerprint density at radius 3 is 2.48 bits per heavy atom. The standard InChI is InChI=1S/C16H21FN2O4/c1-9-7-19(8-10(2)23-9)16(21)18-14-6-12(15(20)22-4)5-13(17)11(14)3/h5-6,9-10H,7-8H2,1-4H3,(H,18,21). The van der Waals surface area contributed by atoms with Gasteiger partial charge in [0.05, 0.1) is 24.9 Å². The van der Waals surface area contributed by atoms with Gasteiger partial charge in [0.25, 0.3) is 0 Å². The summed E-state index contributed by atoms with van der Waals surface area (Å²) in [6, 6.07) is 2.15. The van der Waals surface area contributed by atoms with Gasteiger partial charge in [-0.05, 0) is 32.9 Å². The van der Waals surface area contributed by atoms with E-state index in [9.17, 15) is 14.0 Å². The number of hydrogen-bond donors (Lipinski definition) is 1. The molecule has 2 amide bonds. The normalized spacial score (nSPS) is 21.0. The van der Waals surface area contributed by atoms with Crippen LogP contribution in [0.25, 0.3) is 0 Å². The van der Waals surface area contributed by atoms with Gasteiger partial charge in [0.15, 0.2) is 0 Å². The van der Waals surface area contributed by atoms with E-state index in [1.54, 1.807) is 4.90 Å². The molecular weight excluding hydrogens is 303 g/mol. The molecule has 1 fully saturated rings. The lowest BCUT2D eigenvalue weighted by molar-refractivity contribution is -0.0530. The molecule has 126 valence electrons. The maximum absolute atomic E-state index is 14.0. The third kappa shape index (κ3) is 3.98. The molecular formula is C16H21FN2O4. The number of amides is 2. The number of halogens is 1. The molecule has 6 nitrogen and oxygen atoms in total. The molecule has 1 aliphatic heterocycles. The van der Waals surface area contributed by atoms with Crippen molar-refractivity contribution < 1.29 is 23.5 Å². The Kier molecular flexibility index (Phi) is 5.20. The van der Waals surface area contributed by atoms with Crippen molar-refractivity contribution in [1.82, 2.24) is 4.90 Å². The first-order chi connectivity index (χ1) is 10.8. The van der Waals surface area contributed by atoms with Crippen LogP contribution < -0.4 is 5.32 Å². The van der Waals surface area contributed by atoms with Crippen LogP contribution in [-0.2, 0) is 9.47 Å². The third-order valence-corrected chi connectivity index (χ3v) is 3.71. The zero-order valence-corrected chi connectivity index (χ0v) is 13.7. The monoisotopic (exact) mass is 324 g/mol. The SMILES string of the molecule is COC(=O)c1cc(F)c(C)c(NC(=O)N2CC(C)OC(C)C2)c1. The van der Waals surface area contributed by atoms with Crippen LogP contribution in [0.2, 0.25) is 0 Å². The lowest BCUT2D eigenvalue weighted by Gasteiger charge is -2.35. The lowest BCUT2D eigenvalue weighted by atomic mass is 10.1. The van der Waals surface area contributed by atoms with Gasteiger partial charge in [0.1, 0.15) is 5.82 Å². The molecule has 1 aromatic carbocycles. The maximum Gasteiger partial charge on any atom is 0.338 e. The minimum absolute atomic E-state index is 0.0506. The van der Waals surface area contributed by atoms with Crippen LogP contribution in [0.5, 0.6) is 0 Å². The van der Waals surface area contributed by atoms with Crippen molar-refractivity contribution in [2.45, 2.75) is 33.0 Å². The fourth-order valence-corrected chi connectivity index (χ4v) is 2.58. The zero-order valence-electron chi connectivity index (χ0n) is 13.7. The smallest absolute Gasteiger partial charge is 0.338 e. The minimum atomic E-state index is -0.659. The highest BCUT2D eigenvalue weighted by Gasteiger charge is 2.26. The molecule has 2 unspecified atom stereocenters. The van der Waals surface area contributed by atoms with Crippen LogP contribution in [0.15, 0.2) is 12.1 Å². The number of hydrogen-bond acceptors (Lipinski definition) is 4. The Hall–Kier alpha value is -2.15. The molecule has 1 heterocycles. The minimum Gasteiger partial charge on any atom is -0.465 e. The number of carbonyl (C=O) groups excluding carboxylic acids is 2. The Balaban J connectivity index is 2.20. The fraction of sp³-hybridized carbons (Fsp3) is 0.500. The molecule has 1 N–H and O–H groups in total. The number of rotatable bonds is 2. The van der Waals surface area contributed by atoms with Crippen molar-refractivity contribution in [3.05, 3.63) is 29.1 Å². The molecule has 0 spiro atoms. The molecule has 0 aromatic heterocycles. The van der Waals surface area contributed by atoms with Gasteiger partial charge in [0, 0.05) is 24.3 Å². The Morgan fingerprint density at radius 1 is 1.30 bits per heavy atom. The van der Waals surface area contributed by atoms with Crippen LogP contribution in [0.4, 0.5) is 14.9 Å². The summed E-state index contributed by atoms with van der Waals surface area (Å²) in [7, 11) is 1.22. The number of esters is 1. The highest BCUT2D eigenvalue weighted by molar-refractivity contribution is 5.94. The van der Waals surface area contributed by atoms with Gasteiger partial charge in [-0.1, -0.05) is 0 Å². The molecule has 0 aliphatic carbocycles. The quantitative estimate of drug-likeness (QED) is 0.849. The Bertz CT molecular complexity index is 610. The second-order valence-electron chi connectivity index (χ2n) is 5.71. The molecule has 0 radical (unpaired) electrons. The van der Waals surface area contributed by atoms with E-state index < -0.39 is 11.8 Å². The first-order valence-corrected chi connectivity index (χ1v) is 7.41. The number of nitrogens with one attached hydrogen (secondary N) is 1. The van der Waals surface area contributed by atoms with E-state index in [1.807, 2.05) is 13.8 Å². The number of nitrogens with zero attached hydrogens (tertiary/aromatic N) is 1. The van der Waals surface area contributed by atoms with E-state index in [0.29, 0.717) is 13.1 Å². The van der Waals surface area contributed by atoms with Gasteiger partial charge in [-0.25, -0.2) is 14.0 Å². The molecule has 0 saturated carbocycles. The average molecular weight is 324 g/mol. The van der Waals surface area contributed by atoms with Crippen LogP contribution in [0.3, 0.4) is 0 Å². The van der Waals surface area contributed by atoms with Crippen LogP contribution in [0.1, 0.15) is 29.8 Å². The lowest BCUT2D eigenvalue weighted by Crippen LogP contribution is -2.49. The summed E-state index contributed by atoms with van der Waals surface area (Å²) >= 11 is 0. The van der Waals surface area contributed by atoms with Crippen molar-refractivity contribution in [3.63, 3.8) is 0 Å². The Morgan fingerprint density at radius 2 is 1.91 bits per heavy atom. The van der Waals surface area contributed by atoms with E-state index in [-0.39, 0.29) is 35.1 Å². The van der Waals surface area contributed by atoms with Crippen molar-refractivity contribution in [1.29, 1.82) is 0 Å². The second-order valence-corrected chi connectivity index (χ2v) is 5.71. The summed E-state index contributed by atoms with van der Waals surface area (Å²) in [4.78, 5) is 25.6. The number of anilines is 1. The van der Waals surface area contributed by atoms with Gasteiger partial charge in [-0.15, -0.1) is 0 Å². The fourth-order valence-electron chi connectivity index (χ4n) is 2.58. The summed E-state index contributed by atoms with van der Waals surface area (Å²) in [6.45, 7) is 6.22. The molecule has 2 rings (SSSR count). The molecule has 1 saturated heterocycles. The second kappa shape index (κ2) is 6.95. The number of methoxy groups -OCH3 is 1. The van der Waals surface area contributed by atoms with Crippen LogP contribution in [0, 0.1) is 12.7 Å². The number of carbonyl (C=O) groups is 2. The maximum atomic E-state index is 14.0.